The average Bonchev–Trinajstić information content (AvgIpc) is 2.38. The number of halogens is 3. The van der Waals surface area contributed by atoms with E-state index in [0.29, 0.717) is 12.1 Å². The highest BCUT2D eigenvalue weighted by atomic mass is 19.3. The van der Waals surface area contributed by atoms with Gasteiger partial charge in [0.05, 0.1) is 11.5 Å². The molecule has 0 radical (unpaired) electrons. The number of nitrogens with two attached hydrogens (primary N) is 1. The first-order chi connectivity index (χ1) is 9.21. The lowest BCUT2D eigenvalue weighted by atomic mass is 10.0. The minimum absolute atomic E-state index is 0.273. The highest BCUT2D eigenvalue weighted by molar-refractivity contribution is 5.79. The van der Waals surface area contributed by atoms with Gasteiger partial charge < -0.3 is 10.5 Å². The third-order valence-corrected chi connectivity index (χ3v) is 2.46. The molecule has 110 valence electrons. The summed E-state index contributed by atoms with van der Waals surface area (Å²) >= 11 is 0. The Morgan fingerprint density at radius 1 is 1.55 bits per heavy atom. The minimum atomic E-state index is -4.08. The number of rotatable bonds is 5. The second-order valence-corrected chi connectivity index (χ2v) is 3.79. The fraction of sp³-hybridized carbons (Fsp3) is 0.364. The summed E-state index contributed by atoms with van der Waals surface area (Å²) < 4.78 is 44.6. The molecule has 9 heteroatoms. The van der Waals surface area contributed by atoms with Crippen LogP contribution < -0.4 is 5.73 Å². The summed E-state index contributed by atoms with van der Waals surface area (Å²) in [6, 6.07) is -0.136. The monoisotopic (exact) mass is 292 g/mol. The van der Waals surface area contributed by atoms with Crippen LogP contribution in [0.5, 0.6) is 0 Å². The van der Waals surface area contributed by atoms with E-state index in [1.165, 1.54) is 6.92 Å². The number of nitro benzene ring substituents is 1. The van der Waals surface area contributed by atoms with E-state index < -0.39 is 39.9 Å². The van der Waals surface area contributed by atoms with Crippen molar-refractivity contribution in [3.63, 3.8) is 0 Å². The number of nitro groups is 1. The first-order valence-electron chi connectivity index (χ1n) is 5.46. The summed E-state index contributed by atoms with van der Waals surface area (Å²) in [4.78, 5) is 20.6. The highest BCUT2D eigenvalue weighted by Gasteiger charge is 2.48. The lowest BCUT2D eigenvalue weighted by molar-refractivity contribution is -0.387. The minimum Gasteiger partial charge on any atom is -0.462 e. The number of carbonyl (C=O) groups excluding carboxylic acids is 1. The van der Waals surface area contributed by atoms with E-state index in [2.05, 4.69) is 4.74 Å². The Kier molecular flexibility index (Phi) is 4.66. The number of ether oxygens (including phenoxy) is 1. The van der Waals surface area contributed by atoms with Crippen molar-refractivity contribution in [1.29, 1.82) is 0 Å². The van der Waals surface area contributed by atoms with Gasteiger partial charge in [0, 0.05) is 6.07 Å². The summed E-state index contributed by atoms with van der Waals surface area (Å²) in [5.41, 5.74) is 3.78. The zero-order chi connectivity index (χ0) is 15.5. The number of alkyl halides is 2. The zero-order valence-electron chi connectivity index (χ0n) is 10.3. The molecule has 0 bridgehead atoms. The second kappa shape index (κ2) is 5.87. The Morgan fingerprint density at radius 2 is 2.15 bits per heavy atom. The van der Waals surface area contributed by atoms with Crippen LogP contribution in [0.3, 0.4) is 0 Å². The van der Waals surface area contributed by atoms with Crippen molar-refractivity contribution in [2.24, 2.45) is 5.73 Å². The normalized spacial score (nSPS) is 12.8. The van der Waals surface area contributed by atoms with Crippen molar-refractivity contribution < 1.29 is 27.6 Å². The molecule has 0 saturated heterocycles. The van der Waals surface area contributed by atoms with Gasteiger partial charge in [0.1, 0.15) is 6.04 Å². The van der Waals surface area contributed by atoms with Gasteiger partial charge in [0.2, 0.25) is 5.82 Å². The maximum absolute atomic E-state index is 13.7. The van der Waals surface area contributed by atoms with Crippen LogP contribution in [-0.4, -0.2) is 23.4 Å². The summed E-state index contributed by atoms with van der Waals surface area (Å²) in [5.74, 6) is -7.12. The average molecular weight is 292 g/mol. The van der Waals surface area contributed by atoms with E-state index in [9.17, 15) is 28.1 Å². The van der Waals surface area contributed by atoms with Crippen molar-refractivity contribution in [3.05, 3.63) is 39.7 Å². The van der Waals surface area contributed by atoms with Gasteiger partial charge in [-0.05, 0) is 18.6 Å². The van der Waals surface area contributed by atoms with Gasteiger partial charge in [-0.25, -0.2) is 4.79 Å². The molecule has 0 aliphatic carbocycles. The Balaban J connectivity index is 3.14. The van der Waals surface area contributed by atoms with E-state index >= 15 is 0 Å². The van der Waals surface area contributed by atoms with Crippen molar-refractivity contribution >= 4 is 11.7 Å². The topological polar surface area (TPSA) is 95.5 Å². The van der Waals surface area contributed by atoms with Crippen LogP contribution in [0.4, 0.5) is 18.9 Å². The number of hydrogen-bond acceptors (Lipinski definition) is 5. The lowest BCUT2D eigenvalue weighted by Crippen LogP contribution is -2.41. The molecule has 2 N–H and O–H groups in total. The first-order valence-corrected chi connectivity index (χ1v) is 5.46. The van der Waals surface area contributed by atoms with Crippen LogP contribution >= 0.6 is 0 Å². The van der Waals surface area contributed by atoms with E-state index in [4.69, 9.17) is 5.73 Å². The highest BCUT2D eigenvalue weighted by Crippen LogP contribution is 2.32. The van der Waals surface area contributed by atoms with Crippen molar-refractivity contribution in [3.8, 4) is 0 Å². The lowest BCUT2D eigenvalue weighted by Gasteiger charge is -2.21. The van der Waals surface area contributed by atoms with E-state index in [1.54, 1.807) is 0 Å². The number of carbonyl (C=O) groups is 1. The smallest absolute Gasteiger partial charge is 0.379 e. The van der Waals surface area contributed by atoms with Gasteiger partial charge >= 0.3 is 17.6 Å². The molecule has 20 heavy (non-hydrogen) atoms. The van der Waals surface area contributed by atoms with Gasteiger partial charge in [0.15, 0.2) is 0 Å². The fourth-order valence-corrected chi connectivity index (χ4v) is 1.43. The molecule has 1 aromatic carbocycles. The van der Waals surface area contributed by atoms with Crippen LogP contribution in [-0.2, 0) is 9.53 Å². The van der Waals surface area contributed by atoms with Gasteiger partial charge in [-0.3, -0.25) is 10.1 Å². The molecule has 0 saturated carbocycles. The van der Waals surface area contributed by atoms with E-state index in [0.717, 1.165) is 6.07 Å². The van der Waals surface area contributed by atoms with Crippen molar-refractivity contribution in [2.45, 2.75) is 18.9 Å². The molecular formula is C11H11F3N2O4. The maximum atomic E-state index is 13.7. The van der Waals surface area contributed by atoms with Crippen LogP contribution in [0, 0.1) is 15.9 Å². The van der Waals surface area contributed by atoms with Crippen molar-refractivity contribution in [1.82, 2.24) is 0 Å². The second-order valence-electron chi connectivity index (χ2n) is 3.79. The molecule has 6 nitrogen and oxygen atoms in total. The van der Waals surface area contributed by atoms with Crippen LogP contribution in [0.15, 0.2) is 18.2 Å². The molecule has 1 aromatic rings. The molecule has 0 fully saturated rings. The molecule has 0 aromatic heterocycles. The van der Waals surface area contributed by atoms with Crippen LogP contribution in [0.25, 0.3) is 0 Å². The number of nitrogens with zero attached hydrogens (tertiary/aromatic N) is 1. The zero-order valence-corrected chi connectivity index (χ0v) is 10.3. The predicted octanol–water partition coefficient (Wildman–Crippen LogP) is 1.93. The molecular weight excluding hydrogens is 281 g/mol. The molecule has 0 unspecified atom stereocenters. The van der Waals surface area contributed by atoms with Gasteiger partial charge in [0.25, 0.3) is 0 Å². The Labute approximate surface area is 111 Å². The molecule has 1 rings (SSSR count). The summed E-state index contributed by atoms with van der Waals surface area (Å²) in [6.07, 6.45) is 0. The summed E-state index contributed by atoms with van der Waals surface area (Å²) in [7, 11) is 0. The summed E-state index contributed by atoms with van der Waals surface area (Å²) in [5, 5.41) is 10.5. The first kappa shape index (κ1) is 15.9. The molecule has 0 heterocycles. The molecule has 0 amide bonds. The van der Waals surface area contributed by atoms with Gasteiger partial charge in [-0.15, -0.1) is 0 Å². The Morgan fingerprint density at radius 3 is 2.65 bits per heavy atom. The maximum Gasteiger partial charge on any atom is 0.379 e. The number of hydrogen-bond donors (Lipinski definition) is 1. The van der Waals surface area contributed by atoms with E-state index in [1.807, 2.05) is 0 Å². The number of benzene rings is 1. The standard InChI is InChI=1S/C11H11F3N2O4/c1-2-20-10(17)11(13,14)9(15)6-3-4-7(12)8(5-6)16(18)19/h3-5,9H,2,15H2,1H3/t9-/m0/s1. The molecule has 0 spiro atoms. The van der Waals surface area contributed by atoms with Gasteiger partial charge in [-0.2, -0.15) is 13.2 Å². The predicted molar refractivity (Wildman–Crippen MR) is 61.6 cm³/mol. The third kappa shape index (κ3) is 3.05. The fourth-order valence-electron chi connectivity index (χ4n) is 1.43. The SMILES string of the molecule is CCOC(=O)C(F)(F)[C@@H](N)c1ccc(F)c([N+](=O)[O-])c1. The van der Waals surface area contributed by atoms with Crippen LogP contribution in [0.1, 0.15) is 18.5 Å². The quantitative estimate of drug-likeness (QED) is 0.508. The van der Waals surface area contributed by atoms with Crippen molar-refractivity contribution in [2.75, 3.05) is 6.61 Å². The number of esters is 1. The molecule has 0 aliphatic heterocycles. The molecule has 0 aliphatic rings. The Bertz CT molecular complexity index is 536. The summed E-state index contributed by atoms with van der Waals surface area (Å²) in [6.45, 7) is 1.06. The molecule has 1 atom stereocenters. The third-order valence-electron chi connectivity index (χ3n) is 2.46. The largest absolute Gasteiger partial charge is 0.462 e. The van der Waals surface area contributed by atoms with E-state index in [-0.39, 0.29) is 6.61 Å². The van der Waals surface area contributed by atoms with Gasteiger partial charge in [-0.1, -0.05) is 6.07 Å². The van der Waals surface area contributed by atoms with Crippen LogP contribution in [0.2, 0.25) is 0 Å². The Hall–Kier alpha value is -2.16.